The molecule has 2 fully saturated rings. The summed E-state index contributed by atoms with van der Waals surface area (Å²) in [5, 5.41) is 0.354. The molecular formula is C20H27ClN6OS. The summed E-state index contributed by atoms with van der Waals surface area (Å²) in [6.07, 6.45) is 7.73. The van der Waals surface area contributed by atoms with E-state index in [1.165, 1.54) is 24.6 Å². The molecule has 0 amide bonds. The van der Waals surface area contributed by atoms with Crippen LogP contribution in [0.3, 0.4) is 0 Å². The fourth-order valence-electron chi connectivity index (χ4n) is 4.72. The first-order valence-electron chi connectivity index (χ1n) is 9.97. The van der Waals surface area contributed by atoms with Crippen LogP contribution in [0.2, 0.25) is 5.02 Å². The van der Waals surface area contributed by atoms with Gasteiger partial charge in [0.05, 0.1) is 16.1 Å². The van der Waals surface area contributed by atoms with Gasteiger partial charge in [0.1, 0.15) is 5.82 Å². The zero-order chi connectivity index (χ0) is 20.8. The van der Waals surface area contributed by atoms with Crippen LogP contribution in [-0.2, 0) is 7.05 Å². The SMILES string of the molecule is C[C@@H]1CCC2(CCN(c3ncc(Sc4ccnc(N)c4Cl)c(=O)n3C)CC2)[C@@H]1N. The minimum Gasteiger partial charge on any atom is -0.382 e. The Morgan fingerprint density at radius 2 is 1.97 bits per heavy atom. The molecule has 1 saturated carbocycles. The van der Waals surface area contributed by atoms with Crippen molar-refractivity contribution in [1.29, 1.82) is 0 Å². The molecule has 1 aliphatic heterocycles. The largest absolute Gasteiger partial charge is 0.382 e. The van der Waals surface area contributed by atoms with Crippen LogP contribution in [0, 0.1) is 11.3 Å². The Bertz CT molecular complexity index is 972. The van der Waals surface area contributed by atoms with Gasteiger partial charge in [0.25, 0.3) is 5.56 Å². The Labute approximate surface area is 179 Å². The molecule has 29 heavy (non-hydrogen) atoms. The minimum atomic E-state index is -0.0991. The van der Waals surface area contributed by atoms with Gasteiger partial charge in [-0.15, -0.1) is 0 Å². The summed E-state index contributed by atoms with van der Waals surface area (Å²) in [4.78, 5) is 24.9. The molecule has 4 rings (SSSR count). The van der Waals surface area contributed by atoms with E-state index in [2.05, 4.69) is 21.8 Å². The van der Waals surface area contributed by atoms with E-state index in [-0.39, 0.29) is 22.8 Å². The maximum Gasteiger partial charge on any atom is 0.268 e. The third kappa shape index (κ3) is 3.62. The van der Waals surface area contributed by atoms with E-state index in [0.29, 0.717) is 26.7 Å². The number of rotatable bonds is 3. The molecule has 156 valence electrons. The van der Waals surface area contributed by atoms with Crippen molar-refractivity contribution in [2.75, 3.05) is 23.7 Å². The number of nitrogens with zero attached hydrogens (tertiary/aromatic N) is 4. The van der Waals surface area contributed by atoms with Crippen molar-refractivity contribution in [3.8, 4) is 0 Å². The van der Waals surface area contributed by atoms with E-state index >= 15 is 0 Å². The topological polar surface area (TPSA) is 103 Å². The molecule has 1 spiro atoms. The second-order valence-corrected chi connectivity index (χ2v) is 9.75. The molecule has 2 atom stereocenters. The lowest BCUT2D eigenvalue weighted by atomic mass is 9.73. The molecule has 9 heteroatoms. The quantitative estimate of drug-likeness (QED) is 0.765. The molecule has 7 nitrogen and oxygen atoms in total. The third-order valence-corrected chi connectivity index (χ3v) is 8.24. The van der Waals surface area contributed by atoms with Gasteiger partial charge in [-0.3, -0.25) is 9.36 Å². The van der Waals surface area contributed by atoms with Gasteiger partial charge in [-0.25, -0.2) is 9.97 Å². The highest BCUT2D eigenvalue weighted by atomic mass is 35.5. The van der Waals surface area contributed by atoms with Crippen molar-refractivity contribution in [2.24, 2.45) is 24.1 Å². The second kappa shape index (κ2) is 7.81. The number of nitrogen functional groups attached to an aromatic ring is 1. The smallest absolute Gasteiger partial charge is 0.268 e. The molecule has 0 radical (unpaired) electrons. The monoisotopic (exact) mass is 434 g/mol. The van der Waals surface area contributed by atoms with Crippen LogP contribution < -0.4 is 21.9 Å². The van der Waals surface area contributed by atoms with Crippen molar-refractivity contribution in [3.05, 3.63) is 33.8 Å². The third-order valence-electron chi connectivity index (χ3n) is 6.67. The van der Waals surface area contributed by atoms with Crippen molar-refractivity contribution in [3.63, 3.8) is 0 Å². The maximum atomic E-state index is 12.9. The van der Waals surface area contributed by atoms with Crippen molar-refractivity contribution < 1.29 is 0 Å². The molecule has 0 aromatic carbocycles. The number of piperidine rings is 1. The van der Waals surface area contributed by atoms with Gasteiger partial charge in [0, 0.05) is 37.3 Å². The van der Waals surface area contributed by atoms with Gasteiger partial charge in [-0.05, 0) is 43.1 Å². The molecule has 1 aliphatic carbocycles. The Balaban J connectivity index is 1.53. The van der Waals surface area contributed by atoms with Gasteiger partial charge < -0.3 is 16.4 Å². The summed E-state index contributed by atoms with van der Waals surface area (Å²) in [6.45, 7) is 4.01. The zero-order valence-corrected chi connectivity index (χ0v) is 18.3. The zero-order valence-electron chi connectivity index (χ0n) is 16.8. The lowest BCUT2D eigenvalue weighted by Crippen LogP contribution is -2.49. The second-order valence-electron chi connectivity index (χ2n) is 8.29. The fourth-order valence-corrected chi connectivity index (χ4v) is 5.83. The summed E-state index contributed by atoms with van der Waals surface area (Å²) in [6, 6.07) is 2.02. The highest BCUT2D eigenvalue weighted by molar-refractivity contribution is 7.99. The van der Waals surface area contributed by atoms with Crippen molar-refractivity contribution >= 4 is 35.1 Å². The number of nitrogens with two attached hydrogens (primary N) is 2. The molecule has 0 unspecified atom stereocenters. The minimum absolute atomic E-state index is 0.0991. The maximum absolute atomic E-state index is 12.9. The van der Waals surface area contributed by atoms with Crippen molar-refractivity contribution in [1.82, 2.24) is 14.5 Å². The highest BCUT2D eigenvalue weighted by Crippen LogP contribution is 2.48. The molecule has 3 heterocycles. The van der Waals surface area contributed by atoms with E-state index in [1.54, 1.807) is 30.1 Å². The van der Waals surface area contributed by atoms with E-state index in [0.717, 1.165) is 25.9 Å². The van der Waals surface area contributed by atoms with Gasteiger partial charge in [-0.1, -0.05) is 30.3 Å². The summed E-state index contributed by atoms with van der Waals surface area (Å²) in [5.41, 5.74) is 12.4. The fraction of sp³-hybridized carbons (Fsp3) is 0.550. The first-order valence-corrected chi connectivity index (χ1v) is 11.2. The molecule has 2 aliphatic rings. The number of hydrogen-bond donors (Lipinski definition) is 2. The summed E-state index contributed by atoms with van der Waals surface area (Å²) < 4.78 is 1.62. The number of aromatic nitrogens is 3. The first kappa shape index (κ1) is 20.5. The van der Waals surface area contributed by atoms with Crippen LogP contribution in [0.1, 0.15) is 32.6 Å². The first-order chi connectivity index (χ1) is 13.8. The van der Waals surface area contributed by atoms with Gasteiger partial charge in [0.15, 0.2) is 0 Å². The summed E-state index contributed by atoms with van der Waals surface area (Å²) in [5.74, 6) is 1.54. The molecule has 2 aromatic heterocycles. The van der Waals surface area contributed by atoms with Crippen LogP contribution in [0.4, 0.5) is 11.8 Å². The normalized spacial score (nSPS) is 23.7. The molecule has 1 saturated heterocycles. The highest BCUT2D eigenvalue weighted by Gasteiger charge is 2.46. The number of hydrogen-bond acceptors (Lipinski definition) is 7. The van der Waals surface area contributed by atoms with Crippen molar-refractivity contribution in [2.45, 2.75) is 48.4 Å². The predicted octanol–water partition coefficient (Wildman–Crippen LogP) is 2.91. The molecule has 4 N–H and O–H groups in total. The summed E-state index contributed by atoms with van der Waals surface area (Å²) >= 11 is 7.47. The average molecular weight is 435 g/mol. The number of halogens is 1. The van der Waals surface area contributed by atoms with E-state index in [4.69, 9.17) is 23.1 Å². The van der Waals surface area contributed by atoms with Crippen LogP contribution in [-0.4, -0.2) is 33.7 Å². The Morgan fingerprint density at radius 3 is 2.62 bits per heavy atom. The Morgan fingerprint density at radius 1 is 1.24 bits per heavy atom. The van der Waals surface area contributed by atoms with E-state index in [9.17, 15) is 4.79 Å². The van der Waals surface area contributed by atoms with Crippen LogP contribution in [0.25, 0.3) is 0 Å². The predicted molar refractivity (Wildman–Crippen MR) is 118 cm³/mol. The molecular weight excluding hydrogens is 408 g/mol. The Hall–Kier alpha value is -1.77. The van der Waals surface area contributed by atoms with Gasteiger partial charge >= 0.3 is 0 Å². The van der Waals surface area contributed by atoms with Gasteiger partial charge in [0.2, 0.25) is 5.95 Å². The van der Waals surface area contributed by atoms with Crippen LogP contribution in [0.15, 0.2) is 33.0 Å². The molecule has 0 bridgehead atoms. The summed E-state index contributed by atoms with van der Waals surface area (Å²) in [7, 11) is 1.77. The number of pyridine rings is 1. The standard InChI is InChI=1S/C20H27ClN6OS/c1-12-3-5-20(16(12)22)6-9-27(10-7-20)19-25-11-14(18(28)26(19)2)29-13-4-8-24-17(23)15(13)21/h4,8,11-12,16H,3,5-7,9-10,22H2,1-2H3,(H2,23,24)/t12-,16-/m1/s1. The average Bonchev–Trinajstić information content (AvgIpc) is 2.98. The lowest BCUT2D eigenvalue weighted by molar-refractivity contribution is 0.185. The van der Waals surface area contributed by atoms with E-state index < -0.39 is 0 Å². The molecule has 2 aromatic rings. The van der Waals surface area contributed by atoms with E-state index in [1.807, 2.05) is 0 Å². The van der Waals surface area contributed by atoms with Gasteiger partial charge in [-0.2, -0.15) is 0 Å². The van der Waals surface area contributed by atoms with Crippen LogP contribution in [0.5, 0.6) is 0 Å². The lowest BCUT2D eigenvalue weighted by Gasteiger charge is -2.43. The Kier molecular flexibility index (Phi) is 5.52. The number of anilines is 2. The van der Waals surface area contributed by atoms with Crippen LogP contribution >= 0.6 is 23.4 Å².